The number of hydrogen-bond acceptors (Lipinski definition) is 5. The third kappa shape index (κ3) is 3.13. The van der Waals surface area contributed by atoms with Gasteiger partial charge in [-0.3, -0.25) is 10.1 Å². The lowest BCUT2D eigenvalue weighted by Gasteiger charge is -2.26. The summed E-state index contributed by atoms with van der Waals surface area (Å²) < 4.78 is 0. The molecule has 1 atom stereocenters. The number of rotatable bonds is 6. The summed E-state index contributed by atoms with van der Waals surface area (Å²) >= 11 is 0. The Kier molecular flexibility index (Phi) is 3.87. The summed E-state index contributed by atoms with van der Waals surface area (Å²) in [6.07, 6.45) is 2.47. The van der Waals surface area contributed by atoms with E-state index in [4.69, 9.17) is 0 Å². The molecule has 0 bridgehead atoms. The first-order valence-electron chi connectivity index (χ1n) is 6.66. The van der Waals surface area contributed by atoms with Gasteiger partial charge in [0.1, 0.15) is 11.6 Å². The van der Waals surface area contributed by atoms with E-state index in [1.54, 1.807) is 6.07 Å². The van der Waals surface area contributed by atoms with Crippen molar-refractivity contribution in [2.75, 3.05) is 23.8 Å². The Hall–Kier alpha value is -1.85. The Morgan fingerprint density at radius 3 is 2.79 bits per heavy atom. The topological polar surface area (TPSA) is 71.3 Å². The van der Waals surface area contributed by atoms with Crippen molar-refractivity contribution in [2.24, 2.45) is 5.92 Å². The molecule has 1 N–H and O–H groups in total. The second-order valence-corrected chi connectivity index (χ2v) is 5.05. The third-order valence-corrected chi connectivity index (χ3v) is 3.64. The molecule has 0 amide bonds. The highest BCUT2D eigenvalue weighted by atomic mass is 16.6. The van der Waals surface area contributed by atoms with Crippen molar-refractivity contribution in [3.8, 4) is 0 Å². The lowest BCUT2D eigenvalue weighted by atomic mass is 10.2. The largest absolute Gasteiger partial charge is 0.370 e. The summed E-state index contributed by atoms with van der Waals surface area (Å²) in [6, 6.07) is 3.38. The molecule has 0 aromatic carbocycles. The van der Waals surface area contributed by atoms with Gasteiger partial charge in [-0.05, 0) is 32.6 Å². The Morgan fingerprint density at radius 1 is 1.58 bits per heavy atom. The van der Waals surface area contributed by atoms with Crippen LogP contribution in [0.1, 0.15) is 26.7 Å². The maximum absolute atomic E-state index is 11.0. The smallest absolute Gasteiger partial charge is 0.276 e. The molecule has 2 rings (SSSR count). The lowest BCUT2D eigenvalue weighted by Crippen LogP contribution is -2.31. The van der Waals surface area contributed by atoms with Crippen molar-refractivity contribution in [2.45, 2.75) is 32.7 Å². The number of hydrogen-bond donors (Lipinski definition) is 1. The third-order valence-electron chi connectivity index (χ3n) is 3.64. The minimum Gasteiger partial charge on any atom is -0.370 e. The molecule has 6 heteroatoms. The number of pyridine rings is 1. The fourth-order valence-corrected chi connectivity index (χ4v) is 2.16. The van der Waals surface area contributed by atoms with Gasteiger partial charge >= 0.3 is 0 Å². The van der Waals surface area contributed by atoms with E-state index in [1.165, 1.54) is 18.9 Å². The van der Waals surface area contributed by atoms with Crippen molar-refractivity contribution in [1.29, 1.82) is 0 Å². The molecule has 0 aliphatic heterocycles. The molecule has 1 aromatic heterocycles. The molecule has 0 radical (unpaired) electrons. The van der Waals surface area contributed by atoms with Gasteiger partial charge in [0, 0.05) is 19.6 Å². The van der Waals surface area contributed by atoms with Crippen LogP contribution in [-0.2, 0) is 0 Å². The van der Waals surface area contributed by atoms with E-state index in [0.29, 0.717) is 30.1 Å². The van der Waals surface area contributed by atoms with Crippen LogP contribution in [0.15, 0.2) is 12.1 Å². The number of aromatic nitrogens is 1. The molecular weight excluding hydrogens is 244 g/mol. The first kappa shape index (κ1) is 13.6. The van der Waals surface area contributed by atoms with Crippen LogP contribution in [0.25, 0.3) is 0 Å². The maximum atomic E-state index is 11.0. The zero-order valence-electron chi connectivity index (χ0n) is 11.6. The molecule has 1 aromatic rings. The van der Waals surface area contributed by atoms with Gasteiger partial charge in [0.2, 0.25) is 0 Å². The van der Waals surface area contributed by atoms with E-state index >= 15 is 0 Å². The molecule has 1 saturated carbocycles. The van der Waals surface area contributed by atoms with Crippen LogP contribution in [-0.4, -0.2) is 29.5 Å². The zero-order chi connectivity index (χ0) is 14.0. The second-order valence-electron chi connectivity index (χ2n) is 5.05. The van der Waals surface area contributed by atoms with Crippen molar-refractivity contribution in [3.63, 3.8) is 0 Å². The highest BCUT2D eigenvalue weighted by Crippen LogP contribution is 2.36. The van der Waals surface area contributed by atoms with Crippen molar-refractivity contribution >= 4 is 17.3 Å². The summed E-state index contributed by atoms with van der Waals surface area (Å²) in [5, 5.41) is 14.0. The van der Waals surface area contributed by atoms with Crippen molar-refractivity contribution in [1.82, 2.24) is 4.98 Å². The van der Waals surface area contributed by atoms with Crippen LogP contribution in [0.3, 0.4) is 0 Å². The van der Waals surface area contributed by atoms with E-state index in [9.17, 15) is 10.1 Å². The fraction of sp³-hybridized carbons (Fsp3) is 0.615. The molecule has 0 spiro atoms. The summed E-state index contributed by atoms with van der Waals surface area (Å²) in [4.78, 5) is 17.1. The molecule has 1 aliphatic rings. The van der Waals surface area contributed by atoms with Crippen molar-refractivity contribution in [3.05, 3.63) is 22.2 Å². The molecule has 19 heavy (non-hydrogen) atoms. The summed E-state index contributed by atoms with van der Waals surface area (Å²) in [5.41, 5.74) is 0.0794. The molecule has 1 aliphatic carbocycles. The minimum absolute atomic E-state index is 0.0794. The Labute approximate surface area is 113 Å². The number of nitrogens with zero attached hydrogens (tertiary/aromatic N) is 3. The lowest BCUT2D eigenvalue weighted by molar-refractivity contribution is -0.384. The molecular formula is C13H20N4O2. The van der Waals surface area contributed by atoms with Crippen LogP contribution in [0.4, 0.5) is 17.3 Å². The molecule has 1 fully saturated rings. The van der Waals surface area contributed by atoms with Gasteiger partial charge in [-0.15, -0.1) is 0 Å². The summed E-state index contributed by atoms with van der Waals surface area (Å²) in [7, 11) is 1.95. The molecule has 6 nitrogen and oxygen atoms in total. The van der Waals surface area contributed by atoms with Crippen LogP contribution in [0.2, 0.25) is 0 Å². The standard InChI is InChI=1S/C13H20N4O2/c1-4-14-12-7-11(17(18)19)8-13(15-12)16(3)9(2)10-5-6-10/h7-10H,4-6H2,1-3H3,(H,14,15). The number of anilines is 2. The quantitative estimate of drug-likeness (QED) is 0.631. The second kappa shape index (κ2) is 5.42. The van der Waals surface area contributed by atoms with E-state index in [0.717, 1.165) is 0 Å². The minimum atomic E-state index is -0.373. The monoisotopic (exact) mass is 264 g/mol. The Balaban J connectivity index is 2.29. The Morgan fingerprint density at radius 2 is 2.26 bits per heavy atom. The van der Waals surface area contributed by atoms with Crippen LogP contribution >= 0.6 is 0 Å². The van der Waals surface area contributed by atoms with E-state index in [-0.39, 0.29) is 10.6 Å². The Bertz CT molecular complexity index is 474. The van der Waals surface area contributed by atoms with Gasteiger partial charge in [0.15, 0.2) is 0 Å². The summed E-state index contributed by atoms with van der Waals surface area (Å²) in [6.45, 7) is 4.78. The molecule has 0 saturated heterocycles. The van der Waals surface area contributed by atoms with E-state index in [2.05, 4.69) is 17.2 Å². The highest BCUT2D eigenvalue weighted by Gasteiger charge is 2.31. The molecule has 104 valence electrons. The zero-order valence-corrected chi connectivity index (χ0v) is 11.6. The van der Waals surface area contributed by atoms with E-state index in [1.807, 2.05) is 18.9 Å². The fourth-order valence-electron chi connectivity index (χ4n) is 2.16. The predicted octanol–water partition coefficient (Wildman–Crippen LogP) is 2.66. The van der Waals surface area contributed by atoms with Gasteiger partial charge in [-0.1, -0.05) is 0 Å². The first-order valence-corrected chi connectivity index (χ1v) is 6.66. The van der Waals surface area contributed by atoms with Crippen LogP contribution in [0, 0.1) is 16.0 Å². The van der Waals surface area contributed by atoms with Gasteiger partial charge < -0.3 is 10.2 Å². The molecule has 1 unspecified atom stereocenters. The van der Waals surface area contributed by atoms with Crippen LogP contribution in [0.5, 0.6) is 0 Å². The predicted molar refractivity (Wildman–Crippen MR) is 75.6 cm³/mol. The van der Waals surface area contributed by atoms with Gasteiger partial charge in [-0.25, -0.2) is 4.98 Å². The number of nitrogens with one attached hydrogen (secondary N) is 1. The first-order chi connectivity index (χ1) is 9.02. The SMILES string of the molecule is CCNc1cc([N+](=O)[O-])cc(N(C)C(C)C2CC2)n1. The van der Waals surface area contributed by atoms with Gasteiger partial charge in [-0.2, -0.15) is 0 Å². The summed E-state index contributed by atoms with van der Waals surface area (Å²) in [5.74, 6) is 1.90. The maximum Gasteiger partial charge on any atom is 0.276 e. The van der Waals surface area contributed by atoms with Crippen LogP contribution < -0.4 is 10.2 Å². The average Bonchev–Trinajstić information content (AvgIpc) is 3.21. The van der Waals surface area contributed by atoms with Gasteiger partial charge in [0.05, 0.1) is 17.1 Å². The average molecular weight is 264 g/mol. The van der Waals surface area contributed by atoms with E-state index < -0.39 is 0 Å². The van der Waals surface area contributed by atoms with Gasteiger partial charge in [0.25, 0.3) is 5.69 Å². The highest BCUT2D eigenvalue weighted by molar-refractivity contribution is 5.56. The van der Waals surface area contributed by atoms with Crippen molar-refractivity contribution < 1.29 is 4.92 Å². The normalized spacial score (nSPS) is 15.9. The number of nitro groups is 1. The molecule has 1 heterocycles.